The van der Waals surface area contributed by atoms with E-state index in [4.69, 9.17) is 10.9 Å². The minimum Gasteiger partial charge on any atom is -0.344 e. The van der Waals surface area contributed by atoms with Crippen LogP contribution in [0.4, 0.5) is 0 Å². The molecule has 18 heavy (non-hydrogen) atoms. The smallest absolute Gasteiger partial charge is 0.166 e. The molecule has 0 bridgehead atoms. The SMILES string of the molecule is C/C=c1/ccn(C/C=C/C)/c1=C/C=C/C(=N)N=N. The van der Waals surface area contributed by atoms with Gasteiger partial charge in [-0.05, 0) is 37.3 Å². The van der Waals surface area contributed by atoms with Gasteiger partial charge in [0.2, 0.25) is 0 Å². The average Bonchev–Trinajstić information content (AvgIpc) is 2.78. The number of allylic oxidation sites excluding steroid dienone is 3. The van der Waals surface area contributed by atoms with Crippen molar-refractivity contribution in [2.75, 3.05) is 0 Å². The molecule has 94 valence electrons. The normalized spacial score (nSPS) is 13.9. The van der Waals surface area contributed by atoms with Crippen LogP contribution >= 0.6 is 0 Å². The molecular formula is C14H18N4. The summed E-state index contributed by atoms with van der Waals surface area (Å²) in [6.45, 7) is 4.82. The molecule has 1 aromatic heterocycles. The quantitative estimate of drug-likeness (QED) is 0.352. The monoisotopic (exact) mass is 242 g/mol. The molecule has 0 spiro atoms. The molecule has 4 heteroatoms. The first kappa shape index (κ1) is 13.8. The molecule has 0 saturated carbocycles. The number of nitrogens with one attached hydrogen (secondary N) is 2. The van der Waals surface area contributed by atoms with Crippen LogP contribution in [-0.2, 0) is 6.54 Å². The maximum absolute atomic E-state index is 7.24. The Morgan fingerprint density at radius 1 is 1.44 bits per heavy atom. The van der Waals surface area contributed by atoms with Gasteiger partial charge in [-0.2, -0.15) is 0 Å². The van der Waals surface area contributed by atoms with E-state index in [0.29, 0.717) is 0 Å². The summed E-state index contributed by atoms with van der Waals surface area (Å²) in [5.41, 5.74) is 6.69. The fourth-order valence-electron chi connectivity index (χ4n) is 1.58. The molecule has 2 N–H and O–H groups in total. The van der Waals surface area contributed by atoms with Crippen molar-refractivity contribution in [1.82, 2.24) is 4.57 Å². The van der Waals surface area contributed by atoms with Gasteiger partial charge >= 0.3 is 0 Å². The highest BCUT2D eigenvalue weighted by atomic mass is 15.0. The Bertz CT molecular complexity index is 588. The van der Waals surface area contributed by atoms with Crippen LogP contribution in [0.1, 0.15) is 13.8 Å². The Balaban J connectivity index is 3.15. The van der Waals surface area contributed by atoms with Gasteiger partial charge in [0.1, 0.15) is 0 Å². The molecule has 0 aliphatic carbocycles. The Labute approximate surface area is 107 Å². The van der Waals surface area contributed by atoms with E-state index in [1.54, 1.807) is 6.08 Å². The van der Waals surface area contributed by atoms with Crippen molar-refractivity contribution in [2.45, 2.75) is 20.4 Å². The van der Waals surface area contributed by atoms with Gasteiger partial charge in [0, 0.05) is 18.1 Å². The number of nitrogens with zero attached hydrogens (tertiary/aromatic N) is 2. The lowest BCUT2D eigenvalue weighted by molar-refractivity contribution is 0.799. The zero-order chi connectivity index (χ0) is 13.4. The maximum atomic E-state index is 7.24. The molecule has 0 amide bonds. The van der Waals surface area contributed by atoms with Crippen LogP contribution in [0.25, 0.3) is 12.2 Å². The van der Waals surface area contributed by atoms with Gasteiger partial charge in [-0.25, -0.2) is 5.53 Å². The van der Waals surface area contributed by atoms with Crippen molar-refractivity contribution in [3.63, 3.8) is 0 Å². The minimum absolute atomic E-state index is 0.0557. The molecule has 0 saturated heterocycles. The van der Waals surface area contributed by atoms with E-state index >= 15 is 0 Å². The lowest BCUT2D eigenvalue weighted by atomic mass is 10.3. The maximum Gasteiger partial charge on any atom is 0.166 e. The van der Waals surface area contributed by atoms with Crippen LogP contribution in [-0.4, -0.2) is 10.4 Å². The summed E-state index contributed by atoms with van der Waals surface area (Å²) in [6.07, 6.45) is 13.4. The number of rotatable bonds is 4. The summed E-state index contributed by atoms with van der Waals surface area (Å²) in [7, 11) is 0. The summed E-state index contributed by atoms with van der Waals surface area (Å²) in [6, 6.07) is 2.06. The summed E-state index contributed by atoms with van der Waals surface area (Å²) < 4.78 is 2.13. The number of hydrogen-bond donors (Lipinski definition) is 2. The standard InChI is InChI=1S/C14H18N4/c1-3-5-10-18-11-9-12(4-2)13(18)7-6-8-14(15)17-16/h3-9,11,15-16H,10H2,1-2H3/b5-3+,8-6+,12-4-,13-7+,15-14?,17-16?. The topological polar surface area (TPSA) is 65.0 Å². The van der Waals surface area contributed by atoms with Crippen molar-refractivity contribution in [2.24, 2.45) is 5.11 Å². The van der Waals surface area contributed by atoms with E-state index in [9.17, 15) is 0 Å². The molecular weight excluding hydrogens is 224 g/mol. The van der Waals surface area contributed by atoms with Gasteiger partial charge in [-0.15, -0.1) is 5.11 Å². The highest BCUT2D eigenvalue weighted by Gasteiger charge is 1.92. The Hall–Kier alpha value is -2.23. The van der Waals surface area contributed by atoms with Gasteiger partial charge in [-0.3, -0.25) is 5.41 Å². The minimum atomic E-state index is -0.0557. The van der Waals surface area contributed by atoms with E-state index in [1.165, 1.54) is 6.08 Å². The van der Waals surface area contributed by atoms with Crippen molar-refractivity contribution < 1.29 is 0 Å². The van der Waals surface area contributed by atoms with Gasteiger partial charge in [0.15, 0.2) is 5.84 Å². The highest BCUT2D eigenvalue weighted by molar-refractivity contribution is 5.91. The fourth-order valence-corrected chi connectivity index (χ4v) is 1.58. The summed E-state index contributed by atoms with van der Waals surface area (Å²) >= 11 is 0. The molecule has 0 fully saturated rings. The first-order chi connectivity index (χ1) is 8.72. The third-order valence-electron chi connectivity index (χ3n) is 2.52. The second-order valence-electron chi connectivity index (χ2n) is 3.69. The van der Waals surface area contributed by atoms with E-state index < -0.39 is 0 Å². The molecule has 1 aromatic rings. The van der Waals surface area contributed by atoms with E-state index in [2.05, 4.69) is 21.8 Å². The molecule has 0 aliphatic heterocycles. The fraction of sp³-hybridized carbons (Fsp3) is 0.214. The van der Waals surface area contributed by atoms with E-state index in [-0.39, 0.29) is 5.84 Å². The molecule has 0 radical (unpaired) electrons. The highest BCUT2D eigenvalue weighted by Crippen LogP contribution is 1.84. The predicted octanol–water partition coefficient (Wildman–Crippen LogP) is 2.21. The number of amidine groups is 1. The summed E-state index contributed by atoms with van der Waals surface area (Å²) in [5, 5.41) is 12.5. The van der Waals surface area contributed by atoms with Crippen LogP contribution in [0.15, 0.2) is 41.7 Å². The molecule has 4 nitrogen and oxygen atoms in total. The first-order valence-electron chi connectivity index (χ1n) is 5.80. The van der Waals surface area contributed by atoms with Crippen LogP contribution in [0.5, 0.6) is 0 Å². The molecule has 0 aliphatic rings. The van der Waals surface area contributed by atoms with Gasteiger partial charge < -0.3 is 4.57 Å². The van der Waals surface area contributed by atoms with Gasteiger partial charge in [0.05, 0.1) is 0 Å². The van der Waals surface area contributed by atoms with Gasteiger partial charge in [-0.1, -0.05) is 24.3 Å². The third kappa shape index (κ3) is 3.66. The van der Waals surface area contributed by atoms with Crippen molar-refractivity contribution in [3.05, 3.63) is 47.1 Å². The number of hydrogen-bond acceptors (Lipinski definition) is 2. The molecule has 0 aromatic carbocycles. The largest absolute Gasteiger partial charge is 0.344 e. The molecule has 1 rings (SSSR count). The Morgan fingerprint density at radius 2 is 2.22 bits per heavy atom. The summed E-state index contributed by atoms with van der Waals surface area (Å²) in [4.78, 5) is 0. The zero-order valence-corrected chi connectivity index (χ0v) is 10.7. The second kappa shape index (κ2) is 7.17. The Morgan fingerprint density at radius 3 is 2.83 bits per heavy atom. The van der Waals surface area contributed by atoms with Crippen molar-refractivity contribution in [1.29, 1.82) is 10.9 Å². The predicted molar refractivity (Wildman–Crippen MR) is 75.1 cm³/mol. The first-order valence-corrected chi connectivity index (χ1v) is 5.80. The Kier molecular flexibility index (Phi) is 5.51. The lowest BCUT2D eigenvalue weighted by Crippen LogP contribution is -2.28. The van der Waals surface area contributed by atoms with Crippen molar-refractivity contribution >= 4 is 18.0 Å². The molecule has 0 atom stereocenters. The van der Waals surface area contributed by atoms with Crippen LogP contribution < -0.4 is 10.6 Å². The number of aromatic nitrogens is 1. The van der Waals surface area contributed by atoms with E-state index in [1.807, 2.05) is 38.3 Å². The van der Waals surface area contributed by atoms with Crippen molar-refractivity contribution in [3.8, 4) is 0 Å². The van der Waals surface area contributed by atoms with E-state index in [0.717, 1.165) is 17.1 Å². The van der Waals surface area contributed by atoms with Crippen LogP contribution in [0.2, 0.25) is 0 Å². The second-order valence-corrected chi connectivity index (χ2v) is 3.69. The molecule has 0 unspecified atom stereocenters. The zero-order valence-electron chi connectivity index (χ0n) is 10.7. The van der Waals surface area contributed by atoms with Gasteiger partial charge in [0.25, 0.3) is 0 Å². The van der Waals surface area contributed by atoms with Crippen LogP contribution in [0, 0.1) is 10.9 Å². The summed E-state index contributed by atoms with van der Waals surface area (Å²) in [5.74, 6) is -0.0557. The average molecular weight is 242 g/mol. The molecule has 1 heterocycles. The lowest BCUT2D eigenvalue weighted by Gasteiger charge is -1.97. The third-order valence-corrected chi connectivity index (χ3v) is 2.52. The van der Waals surface area contributed by atoms with Crippen LogP contribution in [0.3, 0.4) is 0 Å².